The third-order valence-corrected chi connectivity index (χ3v) is 5.19. The second kappa shape index (κ2) is 10.6. The number of rotatable bonds is 7. The van der Waals surface area contributed by atoms with E-state index in [2.05, 4.69) is 48.3 Å². The van der Waals surface area contributed by atoms with Crippen molar-refractivity contribution in [3.63, 3.8) is 0 Å². The van der Waals surface area contributed by atoms with E-state index in [1.807, 2.05) is 0 Å². The van der Waals surface area contributed by atoms with Crippen molar-refractivity contribution in [3.05, 3.63) is 15.6 Å². The number of halogens is 1. The first kappa shape index (κ1) is 21.6. The van der Waals surface area contributed by atoms with Crippen LogP contribution >= 0.6 is 35.3 Å². The van der Waals surface area contributed by atoms with Crippen molar-refractivity contribution >= 4 is 41.3 Å². The highest BCUT2D eigenvalue weighted by Crippen LogP contribution is 2.25. The molecular weight excluding hydrogens is 435 g/mol. The van der Waals surface area contributed by atoms with Gasteiger partial charge in [0.25, 0.3) is 0 Å². The molecule has 138 valence electrons. The summed E-state index contributed by atoms with van der Waals surface area (Å²) in [7, 11) is 0. The molecule has 0 aromatic carbocycles. The minimum atomic E-state index is -0.0925. The maximum atomic E-state index is 5.80. The Labute approximate surface area is 167 Å². The standard InChI is InChI=1S/C17H30N4OS.HI/c1-5-14-13(3)23-15(21-14)8-10-19-16(18-6-2)20-12-17(4)9-7-11-22-17;/h5-12H2,1-4H3,(H2,18,19,20);1H. The number of hydrogen-bond acceptors (Lipinski definition) is 4. The highest BCUT2D eigenvalue weighted by atomic mass is 127. The Morgan fingerprint density at radius 1 is 1.38 bits per heavy atom. The summed E-state index contributed by atoms with van der Waals surface area (Å²) in [4.78, 5) is 10.7. The summed E-state index contributed by atoms with van der Waals surface area (Å²) in [5.74, 6) is 0.869. The molecule has 24 heavy (non-hydrogen) atoms. The number of aliphatic imine (C=N–C) groups is 1. The highest BCUT2D eigenvalue weighted by Gasteiger charge is 2.29. The Morgan fingerprint density at radius 2 is 2.17 bits per heavy atom. The molecule has 1 unspecified atom stereocenters. The SMILES string of the molecule is CCNC(=NCC1(C)CCCO1)NCCc1nc(CC)c(C)s1.I. The molecule has 5 nitrogen and oxygen atoms in total. The molecule has 2 heterocycles. The van der Waals surface area contributed by atoms with Crippen LogP contribution in [0.3, 0.4) is 0 Å². The first-order valence-corrected chi connectivity index (χ1v) is 9.49. The summed E-state index contributed by atoms with van der Waals surface area (Å²) in [6.45, 7) is 11.8. The number of nitrogens with zero attached hydrogens (tertiary/aromatic N) is 2. The van der Waals surface area contributed by atoms with Crippen LogP contribution in [0.5, 0.6) is 0 Å². The van der Waals surface area contributed by atoms with Crippen LogP contribution in [0, 0.1) is 6.92 Å². The quantitative estimate of drug-likeness (QED) is 0.368. The zero-order valence-electron chi connectivity index (χ0n) is 15.3. The van der Waals surface area contributed by atoms with E-state index in [4.69, 9.17) is 4.74 Å². The average Bonchev–Trinajstić information content (AvgIpc) is 3.11. The molecule has 1 fully saturated rings. The van der Waals surface area contributed by atoms with Crippen LogP contribution in [-0.4, -0.2) is 42.8 Å². The van der Waals surface area contributed by atoms with Gasteiger partial charge >= 0.3 is 0 Å². The topological polar surface area (TPSA) is 58.5 Å². The van der Waals surface area contributed by atoms with Gasteiger partial charge in [-0.3, -0.25) is 4.99 Å². The first-order valence-electron chi connectivity index (χ1n) is 8.67. The fourth-order valence-corrected chi connectivity index (χ4v) is 3.78. The molecular formula is C17H31IN4OS. The van der Waals surface area contributed by atoms with Crippen molar-refractivity contribution in [2.45, 2.75) is 59.0 Å². The van der Waals surface area contributed by atoms with Gasteiger partial charge in [0.1, 0.15) is 0 Å². The minimum absolute atomic E-state index is 0. The first-order chi connectivity index (χ1) is 11.1. The summed E-state index contributed by atoms with van der Waals surface area (Å²) >= 11 is 1.81. The molecule has 2 N–H and O–H groups in total. The van der Waals surface area contributed by atoms with Crippen molar-refractivity contribution in [3.8, 4) is 0 Å². The van der Waals surface area contributed by atoms with Gasteiger partial charge in [0.2, 0.25) is 0 Å². The molecule has 0 aliphatic carbocycles. The molecule has 7 heteroatoms. The molecule has 1 aromatic rings. The molecule has 2 rings (SSSR count). The minimum Gasteiger partial charge on any atom is -0.373 e. The number of hydrogen-bond donors (Lipinski definition) is 2. The maximum absolute atomic E-state index is 5.80. The van der Waals surface area contributed by atoms with Gasteiger partial charge in [-0.1, -0.05) is 6.92 Å². The van der Waals surface area contributed by atoms with Gasteiger partial charge in [0, 0.05) is 31.0 Å². The van der Waals surface area contributed by atoms with Gasteiger partial charge in [-0.15, -0.1) is 35.3 Å². The summed E-state index contributed by atoms with van der Waals surface area (Å²) in [5.41, 5.74) is 1.14. The van der Waals surface area contributed by atoms with E-state index in [9.17, 15) is 0 Å². The van der Waals surface area contributed by atoms with Crippen molar-refractivity contribution < 1.29 is 4.74 Å². The van der Waals surface area contributed by atoms with Gasteiger partial charge < -0.3 is 15.4 Å². The van der Waals surface area contributed by atoms with Crippen LogP contribution in [0.25, 0.3) is 0 Å². The van der Waals surface area contributed by atoms with Crippen LogP contribution < -0.4 is 10.6 Å². The molecule has 0 amide bonds. The van der Waals surface area contributed by atoms with Crippen molar-refractivity contribution in [1.82, 2.24) is 15.6 Å². The summed E-state index contributed by atoms with van der Waals surface area (Å²) in [6, 6.07) is 0. The molecule has 1 atom stereocenters. The Kier molecular flexibility index (Phi) is 9.51. The van der Waals surface area contributed by atoms with Crippen LogP contribution in [0.2, 0.25) is 0 Å². The van der Waals surface area contributed by atoms with Crippen LogP contribution in [-0.2, 0) is 17.6 Å². The zero-order valence-corrected chi connectivity index (χ0v) is 18.4. The van der Waals surface area contributed by atoms with E-state index in [1.165, 1.54) is 15.6 Å². The molecule has 1 aliphatic rings. The largest absolute Gasteiger partial charge is 0.373 e. The van der Waals surface area contributed by atoms with Crippen molar-refractivity contribution in [2.24, 2.45) is 4.99 Å². The summed E-state index contributed by atoms with van der Waals surface area (Å²) in [5, 5.41) is 7.91. The number of nitrogens with one attached hydrogen (secondary N) is 2. The molecule has 0 radical (unpaired) electrons. The predicted octanol–water partition coefficient (Wildman–Crippen LogP) is 3.30. The Morgan fingerprint density at radius 3 is 2.75 bits per heavy atom. The van der Waals surface area contributed by atoms with Gasteiger partial charge in [-0.05, 0) is 40.0 Å². The molecule has 1 aromatic heterocycles. The molecule has 0 saturated carbocycles. The fraction of sp³-hybridized carbons (Fsp3) is 0.765. The number of guanidine groups is 1. The van der Waals surface area contributed by atoms with E-state index < -0.39 is 0 Å². The van der Waals surface area contributed by atoms with E-state index >= 15 is 0 Å². The summed E-state index contributed by atoms with van der Waals surface area (Å²) < 4.78 is 5.80. The van der Waals surface area contributed by atoms with E-state index in [0.717, 1.165) is 51.3 Å². The van der Waals surface area contributed by atoms with E-state index in [0.29, 0.717) is 6.54 Å². The van der Waals surface area contributed by atoms with Crippen LogP contribution in [0.4, 0.5) is 0 Å². The van der Waals surface area contributed by atoms with Crippen molar-refractivity contribution in [1.29, 1.82) is 0 Å². The lowest BCUT2D eigenvalue weighted by atomic mass is 10.0. The lowest BCUT2D eigenvalue weighted by Crippen LogP contribution is -2.40. The number of aryl methyl sites for hydroxylation is 2. The Hall–Kier alpha value is -0.410. The number of thiazole rings is 1. The lowest BCUT2D eigenvalue weighted by Gasteiger charge is -2.21. The summed E-state index contributed by atoms with van der Waals surface area (Å²) in [6.07, 6.45) is 4.18. The maximum Gasteiger partial charge on any atom is 0.191 e. The molecule has 0 spiro atoms. The van der Waals surface area contributed by atoms with Gasteiger partial charge in [0.05, 0.1) is 22.8 Å². The smallest absolute Gasteiger partial charge is 0.191 e. The fourth-order valence-electron chi connectivity index (χ4n) is 2.76. The van der Waals surface area contributed by atoms with Gasteiger partial charge in [-0.25, -0.2) is 4.98 Å². The Bertz CT molecular complexity index is 527. The molecule has 1 aliphatic heterocycles. The second-order valence-corrected chi connectivity index (χ2v) is 7.53. The zero-order chi connectivity index (χ0) is 16.7. The van der Waals surface area contributed by atoms with Crippen molar-refractivity contribution in [2.75, 3.05) is 26.2 Å². The lowest BCUT2D eigenvalue weighted by molar-refractivity contribution is 0.0283. The highest BCUT2D eigenvalue weighted by molar-refractivity contribution is 14.0. The normalized spacial score (nSPS) is 20.8. The van der Waals surface area contributed by atoms with Crippen LogP contribution in [0.15, 0.2) is 4.99 Å². The third kappa shape index (κ3) is 6.48. The predicted molar refractivity (Wildman–Crippen MR) is 113 cm³/mol. The van der Waals surface area contributed by atoms with Gasteiger partial charge in [-0.2, -0.15) is 0 Å². The number of aromatic nitrogens is 1. The van der Waals surface area contributed by atoms with E-state index in [1.54, 1.807) is 11.3 Å². The van der Waals surface area contributed by atoms with Gasteiger partial charge in [0.15, 0.2) is 5.96 Å². The number of ether oxygens (including phenoxy) is 1. The van der Waals surface area contributed by atoms with Crippen LogP contribution in [0.1, 0.15) is 49.2 Å². The Balaban J connectivity index is 0.00000288. The second-order valence-electron chi connectivity index (χ2n) is 6.24. The molecule has 1 saturated heterocycles. The third-order valence-electron chi connectivity index (χ3n) is 4.12. The average molecular weight is 466 g/mol. The van der Waals surface area contributed by atoms with E-state index in [-0.39, 0.29) is 29.6 Å². The monoisotopic (exact) mass is 466 g/mol. The molecule has 0 bridgehead atoms.